The fourth-order valence-corrected chi connectivity index (χ4v) is 3.49. The van der Waals surface area contributed by atoms with Gasteiger partial charge in [0.2, 0.25) is 10.0 Å². The number of nitrogens with one attached hydrogen (secondary N) is 1. The number of hydrogen-bond acceptors (Lipinski definition) is 4. The highest BCUT2D eigenvalue weighted by atomic mass is 35.5. The molecule has 0 fully saturated rings. The van der Waals surface area contributed by atoms with Crippen LogP contribution in [0.25, 0.3) is 0 Å². The molecule has 1 rings (SSSR count). The highest BCUT2D eigenvalue weighted by Crippen LogP contribution is 2.24. The summed E-state index contributed by atoms with van der Waals surface area (Å²) in [4.78, 5) is -0.611. The van der Waals surface area contributed by atoms with E-state index in [1.807, 2.05) is 0 Å². The van der Waals surface area contributed by atoms with Crippen molar-refractivity contribution in [1.82, 2.24) is 4.72 Å². The fourth-order valence-electron chi connectivity index (χ4n) is 1.29. The molecule has 0 heterocycles. The standard InChI is InChI=1S/C10H14ClFN2O3S2/c1-2-18(15)4-3-14-19(16,17)9-6-7(11)5-8(13)10(9)12/h5-6,14H,2-4,13H2,1H3. The largest absolute Gasteiger partial charge is 0.396 e. The van der Waals surface area contributed by atoms with Gasteiger partial charge in [-0.1, -0.05) is 18.5 Å². The molecular weight excluding hydrogens is 315 g/mol. The van der Waals surface area contributed by atoms with Crippen LogP contribution in [0.15, 0.2) is 17.0 Å². The molecule has 0 saturated heterocycles. The Balaban J connectivity index is 2.92. The minimum absolute atomic E-state index is 0.0245. The quantitative estimate of drug-likeness (QED) is 0.765. The van der Waals surface area contributed by atoms with E-state index >= 15 is 0 Å². The van der Waals surface area contributed by atoms with Gasteiger partial charge >= 0.3 is 0 Å². The van der Waals surface area contributed by atoms with E-state index in [9.17, 15) is 17.0 Å². The molecule has 9 heteroatoms. The second-order valence-electron chi connectivity index (χ2n) is 3.64. The van der Waals surface area contributed by atoms with Gasteiger partial charge in [-0.2, -0.15) is 0 Å². The van der Waals surface area contributed by atoms with Crippen molar-refractivity contribution in [3.05, 3.63) is 23.0 Å². The van der Waals surface area contributed by atoms with E-state index in [4.69, 9.17) is 17.3 Å². The molecule has 0 amide bonds. The van der Waals surface area contributed by atoms with Gasteiger partial charge in [0.25, 0.3) is 0 Å². The van der Waals surface area contributed by atoms with Crippen LogP contribution in [0, 0.1) is 5.82 Å². The third-order valence-electron chi connectivity index (χ3n) is 2.27. The van der Waals surface area contributed by atoms with Crippen LogP contribution in [0.2, 0.25) is 5.02 Å². The van der Waals surface area contributed by atoms with Crippen LogP contribution in [-0.4, -0.2) is 30.7 Å². The maximum Gasteiger partial charge on any atom is 0.243 e. The van der Waals surface area contributed by atoms with Crippen LogP contribution in [0.1, 0.15) is 6.92 Å². The molecule has 3 N–H and O–H groups in total. The Morgan fingerprint density at radius 2 is 2.11 bits per heavy atom. The molecule has 0 aliphatic heterocycles. The lowest BCUT2D eigenvalue weighted by Crippen LogP contribution is -2.29. The Kier molecular flexibility index (Phi) is 5.72. The van der Waals surface area contributed by atoms with E-state index < -0.39 is 31.5 Å². The van der Waals surface area contributed by atoms with Gasteiger partial charge in [-0.25, -0.2) is 17.5 Å². The normalized spacial score (nSPS) is 13.4. The van der Waals surface area contributed by atoms with E-state index in [0.717, 1.165) is 12.1 Å². The zero-order chi connectivity index (χ0) is 14.6. The second-order valence-corrected chi connectivity index (χ2v) is 7.67. The molecule has 1 aromatic rings. The summed E-state index contributed by atoms with van der Waals surface area (Å²) in [5.41, 5.74) is 4.97. The number of anilines is 1. The van der Waals surface area contributed by atoms with Crippen molar-refractivity contribution in [2.75, 3.05) is 23.8 Å². The van der Waals surface area contributed by atoms with Gasteiger partial charge in [-0.05, 0) is 12.1 Å². The number of benzene rings is 1. The first-order valence-corrected chi connectivity index (χ1v) is 8.72. The van der Waals surface area contributed by atoms with E-state index in [1.54, 1.807) is 6.92 Å². The van der Waals surface area contributed by atoms with Crippen molar-refractivity contribution in [3.8, 4) is 0 Å². The fraction of sp³-hybridized carbons (Fsp3) is 0.400. The Bertz CT molecular complexity index is 593. The van der Waals surface area contributed by atoms with E-state index in [1.165, 1.54) is 0 Å². The van der Waals surface area contributed by atoms with Gasteiger partial charge in [0.05, 0.1) is 5.69 Å². The Morgan fingerprint density at radius 3 is 2.68 bits per heavy atom. The smallest absolute Gasteiger partial charge is 0.243 e. The van der Waals surface area contributed by atoms with Crippen molar-refractivity contribution in [1.29, 1.82) is 0 Å². The predicted octanol–water partition coefficient (Wildman–Crippen LogP) is 1.11. The molecular formula is C10H14ClFN2O3S2. The van der Waals surface area contributed by atoms with Crippen molar-refractivity contribution >= 4 is 38.1 Å². The SMILES string of the molecule is CCS(=O)CCNS(=O)(=O)c1cc(Cl)cc(N)c1F. The molecule has 108 valence electrons. The molecule has 1 aromatic carbocycles. The summed E-state index contributed by atoms with van der Waals surface area (Å²) in [6.07, 6.45) is 0. The van der Waals surface area contributed by atoms with Crippen LogP contribution in [0.5, 0.6) is 0 Å². The first-order chi connectivity index (χ1) is 8.77. The summed E-state index contributed by atoms with van der Waals surface area (Å²) in [5.74, 6) is -0.457. The molecule has 0 radical (unpaired) electrons. The number of nitrogens with two attached hydrogens (primary N) is 1. The van der Waals surface area contributed by atoms with Crippen molar-refractivity contribution in [3.63, 3.8) is 0 Å². The van der Waals surface area contributed by atoms with Crippen LogP contribution < -0.4 is 10.5 Å². The molecule has 0 spiro atoms. The molecule has 0 aliphatic carbocycles. The number of nitrogen functional groups attached to an aromatic ring is 1. The highest BCUT2D eigenvalue weighted by Gasteiger charge is 2.21. The van der Waals surface area contributed by atoms with E-state index in [2.05, 4.69) is 4.72 Å². The summed E-state index contributed by atoms with van der Waals surface area (Å²) in [7, 11) is -5.17. The van der Waals surface area contributed by atoms with Crippen LogP contribution in [-0.2, 0) is 20.8 Å². The summed E-state index contributed by atoms with van der Waals surface area (Å²) in [5, 5.41) is 0.0245. The lowest BCUT2D eigenvalue weighted by molar-refractivity contribution is 0.560. The van der Waals surface area contributed by atoms with Crippen molar-refractivity contribution in [2.24, 2.45) is 0 Å². The first kappa shape index (κ1) is 16.4. The van der Waals surface area contributed by atoms with Gasteiger partial charge in [0.1, 0.15) is 4.90 Å². The predicted molar refractivity (Wildman–Crippen MR) is 74.6 cm³/mol. The van der Waals surface area contributed by atoms with Crippen LogP contribution in [0.3, 0.4) is 0 Å². The van der Waals surface area contributed by atoms with Crippen LogP contribution >= 0.6 is 11.6 Å². The molecule has 19 heavy (non-hydrogen) atoms. The monoisotopic (exact) mass is 328 g/mol. The van der Waals surface area contributed by atoms with E-state index in [0.29, 0.717) is 5.75 Å². The van der Waals surface area contributed by atoms with Gasteiger partial charge in [-0.15, -0.1) is 0 Å². The molecule has 0 aliphatic rings. The number of halogens is 2. The van der Waals surface area contributed by atoms with Gasteiger partial charge in [-0.3, -0.25) is 4.21 Å². The molecule has 0 saturated carbocycles. The third-order valence-corrected chi connectivity index (χ3v) is 5.25. The third kappa shape index (κ3) is 4.41. The minimum Gasteiger partial charge on any atom is -0.396 e. The lowest BCUT2D eigenvalue weighted by atomic mass is 10.3. The summed E-state index contributed by atoms with van der Waals surface area (Å²) >= 11 is 5.65. The molecule has 0 aromatic heterocycles. The average molecular weight is 329 g/mol. The second kappa shape index (κ2) is 6.65. The maximum atomic E-state index is 13.7. The molecule has 0 bridgehead atoms. The molecule has 1 unspecified atom stereocenters. The number of hydrogen-bond donors (Lipinski definition) is 2. The van der Waals surface area contributed by atoms with E-state index in [-0.39, 0.29) is 23.0 Å². The Morgan fingerprint density at radius 1 is 1.47 bits per heavy atom. The Hall–Kier alpha value is -0.700. The van der Waals surface area contributed by atoms with Gasteiger partial charge in [0, 0.05) is 33.9 Å². The summed E-state index contributed by atoms with van der Waals surface area (Å²) in [6.45, 7) is 1.68. The first-order valence-electron chi connectivity index (χ1n) is 5.37. The number of sulfonamides is 1. The average Bonchev–Trinajstić information content (AvgIpc) is 2.33. The van der Waals surface area contributed by atoms with Crippen molar-refractivity contribution in [2.45, 2.75) is 11.8 Å². The highest BCUT2D eigenvalue weighted by molar-refractivity contribution is 7.89. The summed E-state index contributed by atoms with van der Waals surface area (Å²) in [6, 6.07) is 2.11. The molecule has 5 nitrogen and oxygen atoms in total. The Labute approximate surface area is 118 Å². The topological polar surface area (TPSA) is 89.3 Å². The lowest BCUT2D eigenvalue weighted by Gasteiger charge is -2.09. The van der Waals surface area contributed by atoms with Gasteiger partial charge < -0.3 is 5.73 Å². The zero-order valence-corrected chi connectivity index (χ0v) is 12.5. The van der Waals surface area contributed by atoms with Gasteiger partial charge in [0.15, 0.2) is 5.82 Å². The molecule has 1 atom stereocenters. The van der Waals surface area contributed by atoms with Crippen LogP contribution in [0.4, 0.5) is 10.1 Å². The maximum absolute atomic E-state index is 13.7. The number of rotatable bonds is 6. The van der Waals surface area contributed by atoms with Crippen molar-refractivity contribution < 1.29 is 17.0 Å². The minimum atomic E-state index is -4.06. The summed E-state index contributed by atoms with van der Waals surface area (Å²) < 4.78 is 50.7. The zero-order valence-electron chi connectivity index (χ0n) is 10.2.